The van der Waals surface area contributed by atoms with Gasteiger partial charge in [-0.2, -0.15) is 0 Å². The lowest BCUT2D eigenvalue weighted by Gasteiger charge is -2.18. The highest BCUT2D eigenvalue weighted by molar-refractivity contribution is 7.11. The van der Waals surface area contributed by atoms with E-state index in [2.05, 4.69) is 53.8 Å². The first kappa shape index (κ1) is 15.6. The molecule has 1 N–H and O–H groups in total. The molecule has 0 fully saturated rings. The summed E-state index contributed by atoms with van der Waals surface area (Å²) in [6.45, 7) is 16.6. The Kier molecular flexibility index (Phi) is 5.35. The zero-order valence-corrected chi connectivity index (χ0v) is 13.7. The maximum absolute atomic E-state index is 4.91. The first-order chi connectivity index (χ1) is 8.25. The number of hydrogen-bond acceptors (Lipinski definition) is 3. The van der Waals surface area contributed by atoms with E-state index in [1.54, 1.807) is 0 Å². The lowest BCUT2D eigenvalue weighted by atomic mass is 9.91. The quantitative estimate of drug-likeness (QED) is 0.853. The average Bonchev–Trinajstić information content (AvgIpc) is 2.69. The molecule has 0 aliphatic carbocycles. The van der Waals surface area contributed by atoms with Gasteiger partial charge in [-0.3, -0.25) is 0 Å². The van der Waals surface area contributed by atoms with Crippen molar-refractivity contribution in [2.75, 3.05) is 0 Å². The minimum absolute atomic E-state index is 0.135. The van der Waals surface area contributed by atoms with Crippen LogP contribution in [-0.2, 0) is 12.0 Å². The topological polar surface area (TPSA) is 24.9 Å². The highest BCUT2D eigenvalue weighted by Crippen LogP contribution is 2.33. The molecular weight excluding hydrogens is 240 g/mol. The van der Waals surface area contributed by atoms with Gasteiger partial charge in [0.05, 0.1) is 10.7 Å². The number of nitrogens with zero attached hydrogens (tertiary/aromatic N) is 1. The second-order valence-corrected chi connectivity index (χ2v) is 7.53. The number of hydrogen-bond donors (Lipinski definition) is 1. The average molecular weight is 268 g/mol. The highest BCUT2D eigenvalue weighted by atomic mass is 32.1. The summed E-state index contributed by atoms with van der Waals surface area (Å²) in [5.41, 5.74) is 1.41. The summed E-state index contributed by atoms with van der Waals surface area (Å²) in [5, 5.41) is 4.81. The van der Waals surface area contributed by atoms with Crippen molar-refractivity contribution >= 4 is 11.3 Å². The van der Waals surface area contributed by atoms with Crippen LogP contribution in [0, 0.1) is 0 Å². The van der Waals surface area contributed by atoms with Crippen molar-refractivity contribution in [1.82, 2.24) is 10.3 Å². The van der Waals surface area contributed by atoms with Gasteiger partial charge in [0.1, 0.15) is 0 Å². The summed E-state index contributed by atoms with van der Waals surface area (Å²) >= 11 is 1.89. The lowest BCUT2D eigenvalue weighted by molar-refractivity contribution is 0.543. The summed E-state index contributed by atoms with van der Waals surface area (Å²) in [6, 6.07) is 0.520. The molecule has 0 aliphatic heterocycles. The van der Waals surface area contributed by atoms with E-state index in [0.29, 0.717) is 12.0 Å². The van der Waals surface area contributed by atoms with Crippen LogP contribution in [0.25, 0.3) is 0 Å². The van der Waals surface area contributed by atoms with E-state index in [1.807, 2.05) is 11.3 Å². The minimum atomic E-state index is 0.135. The van der Waals surface area contributed by atoms with Crippen molar-refractivity contribution in [2.24, 2.45) is 0 Å². The van der Waals surface area contributed by atoms with E-state index in [9.17, 15) is 0 Å². The molecule has 0 aliphatic rings. The molecule has 1 heterocycles. The molecule has 1 rings (SSSR count). The molecule has 1 atom stereocenters. The van der Waals surface area contributed by atoms with E-state index in [-0.39, 0.29) is 5.41 Å². The molecule has 0 bridgehead atoms. The maximum Gasteiger partial charge on any atom is 0.0959 e. The van der Waals surface area contributed by atoms with Crippen LogP contribution in [0.3, 0.4) is 0 Å². The molecule has 18 heavy (non-hydrogen) atoms. The molecule has 0 saturated heterocycles. The first-order valence-electron chi connectivity index (χ1n) is 6.99. The normalized spacial score (nSPS) is 14.2. The van der Waals surface area contributed by atoms with Crippen molar-refractivity contribution in [1.29, 1.82) is 0 Å². The Morgan fingerprint density at radius 2 is 1.83 bits per heavy atom. The van der Waals surface area contributed by atoms with E-state index >= 15 is 0 Å². The fourth-order valence-electron chi connectivity index (χ4n) is 1.76. The third-order valence-corrected chi connectivity index (χ3v) is 4.42. The summed E-state index contributed by atoms with van der Waals surface area (Å²) in [4.78, 5) is 6.32. The zero-order chi connectivity index (χ0) is 13.9. The van der Waals surface area contributed by atoms with Crippen molar-refractivity contribution in [2.45, 2.75) is 78.8 Å². The molecular formula is C15H28N2S. The van der Waals surface area contributed by atoms with E-state index < -0.39 is 0 Å². The standard InChI is InChI=1S/C15H28N2S/c1-8-11(4)14-17-13(15(5,6)7)12(18-14)9-16-10(2)3/h10-11,16H,8-9H2,1-7H3. The fraction of sp³-hybridized carbons (Fsp3) is 0.800. The summed E-state index contributed by atoms with van der Waals surface area (Å²) in [5.74, 6) is 0.573. The molecule has 1 aromatic rings. The van der Waals surface area contributed by atoms with Gasteiger partial charge in [-0.15, -0.1) is 11.3 Å². The predicted octanol–water partition coefficient (Wildman–Crippen LogP) is 4.45. The van der Waals surface area contributed by atoms with Gasteiger partial charge in [0.15, 0.2) is 0 Å². The van der Waals surface area contributed by atoms with E-state index in [0.717, 1.165) is 13.0 Å². The maximum atomic E-state index is 4.91. The lowest BCUT2D eigenvalue weighted by Crippen LogP contribution is -2.23. The van der Waals surface area contributed by atoms with Crippen molar-refractivity contribution in [3.63, 3.8) is 0 Å². The zero-order valence-electron chi connectivity index (χ0n) is 12.9. The van der Waals surface area contributed by atoms with Crippen LogP contribution < -0.4 is 5.32 Å². The molecule has 0 aromatic carbocycles. The Hall–Kier alpha value is -0.410. The second-order valence-electron chi connectivity index (χ2n) is 6.42. The molecule has 104 valence electrons. The third kappa shape index (κ3) is 4.06. The SMILES string of the molecule is CCC(C)c1nc(C(C)(C)C)c(CNC(C)C)s1. The molecule has 3 heteroatoms. The van der Waals surface area contributed by atoms with E-state index in [1.165, 1.54) is 15.6 Å². The molecule has 1 unspecified atom stereocenters. The van der Waals surface area contributed by atoms with Gasteiger partial charge in [0, 0.05) is 28.8 Å². The Bertz CT molecular complexity index is 374. The van der Waals surface area contributed by atoms with Crippen molar-refractivity contribution in [3.05, 3.63) is 15.6 Å². The number of nitrogens with one attached hydrogen (secondary N) is 1. The molecule has 0 spiro atoms. The van der Waals surface area contributed by atoms with Gasteiger partial charge in [0.2, 0.25) is 0 Å². The molecule has 2 nitrogen and oxygen atoms in total. The van der Waals surface area contributed by atoms with Crippen LogP contribution in [0.4, 0.5) is 0 Å². The van der Waals surface area contributed by atoms with Gasteiger partial charge in [-0.05, 0) is 6.42 Å². The highest BCUT2D eigenvalue weighted by Gasteiger charge is 2.24. The Morgan fingerprint density at radius 1 is 1.22 bits per heavy atom. The number of thiazole rings is 1. The van der Waals surface area contributed by atoms with Crippen LogP contribution in [-0.4, -0.2) is 11.0 Å². The van der Waals surface area contributed by atoms with Crippen LogP contribution in [0.5, 0.6) is 0 Å². The van der Waals surface area contributed by atoms with Gasteiger partial charge in [0.25, 0.3) is 0 Å². The van der Waals surface area contributed by atoms with Gasteiger partial charge in [-0.1, -0.05) is 48.5 Å². The number of rotatable bonds is 5. The Labute approximate surface area is 116 Å². The monoisotopic (exact) mass is 268 g/mol. The van der Waals surface area contributed by atoms with Crippen LogP contribution in [0.2, 0.25) is 0 Å². The third-order valence-electron chi connectivity index (χ3n) is 3.13. The second kappa shape index (κ2) is 6.16. The fourth-order valence-corrected chi connectivity index (χ4v) is 3.12. The van der Waals surface area contributed by atoms with Gasteiger partial charge < -0.3 is 5.32 Å². The van der Waals surface area contributed by atoms with Gasteiger partial charge >= 0.3 is 0 Å². The molecule has 0 saturated carbocycles. The van der Waals surface area contributed by atoms with Crippen LogP contribution in [0.15, 0.2) is 0 Å². The van der Waals surface area contributed by atoms with Crippen LogP contribution in [0.1, 0.15) is 76.4 Å². The molecule has 0 radical (unpaired) electrons. The largest absolute Gasteiger partial charge is 0.310 e. The number of aromatic nitrogens is 1. The summed E-state index contributed by atoms with van der Waals surface area (Å²) < 4.78 is 0. The molecule has 1 aromatic heterocycles. The van der Waals surface area contributed by atoms with E-state index in [4.69, 9.17) is 4.98 Å². The predicted molar refractivity (Wildman–Crippen MR) is 81.5 cm³/mol. The Balaban J connectivity index is 3.01. The summed E-state index contributed by atoms with van der Waals surface area (Å²) in [6.07, 6.45) is 1.16. The first-order valence-corrected chi connectivity index (χ1v) is 7.80. The molecule has 0 amide bonds. The van der Waals surface area contributed by atoms with Crippen molar-refractivity contribution < 1.29 is 0 Å². The smallest absolute Gasteiger partial charge is 0.0959 e. The summed E-state index contributed by atoms with van der Waals surface area (Å²) in [7, 11) is 0. The van der Waals surface area contributed by atoms with Crippen molar-refractivity contribution in [3.8, 4) is 0 Å². The Morgan fingerprint density at radius 3 is 2.28 bits per heavy atom. The van der Waals surface area contributed by atoms with Crippen LogP contribution >= 0.6 is 11.3 Å². The minimum Gasteiger partial charge on any atom is -0.310 e. The van der Waals surface area contributed by atoms with Gasteiger partial charge in [-0.25, -0.2) is 4.98 Å².